The lowest BCUT2D eigenvalue weighted by Crippen LogP contribution is -2.53. The smallest absolute Gasteiger partial charge is 0.264 e. The van der Waals surface area contributed by atoms with Crippen molar-refractivity contribution in [2.75, 3.05) is 17.9 Å². The highest BCUT2D eigenvalue weighted by Gasteiger charge is 2.34. The van der Waals surface area contributed by atoms with Crippen LogP contribution in [0.15, 0.2) is 114 Å². The number of nitrogens with one attached hydrogen (secondary N) is 1. The summed E-state index contributed by atoms with van der Waals surface area (Å²) in [7, 11) is -2.72. The topological polar surface area (TPSA) is 86.8 Å². The Balaban J connectivity index is 1.79. The number of benzene rings is 4. The molecule has 1 N–H and O–H groups in total. The van der Waals surface area contributed by atoms with Crippen molar-refractivity contribution in [2.45, 2.75) is 37.2 Å². The molecule has 0 fully saturated rings. The molecule has 0 radical (unpaired) electrons. The van der Waals surface area contributed by atoms with Crippen molar-refractivity contribution in [3.63, 3.8) is 0 Å². The van der Waals surface area contributed by atoms with Gasteiger partial charge in [0.25, 0.3) is 10.0 Å². The number of hydrogen-bond donors (Lipinski definition) is 1. The average Bonchev–Trinajstić information content (AvgIpc) is 3.02. The van der Waals surface area contributed by atoms with E-state index < -0.39 is 40.2 Å². The van der Waals surface area contributed by atoms with E-state index in [1.165, 1.54) is 30.1 Å². The lowest BCUT2D eigenvalue weighted by molar-refractivity contribution is -0.139. The predicted octanol–water partition coefficient (Wildman–Crippen LogP) is 4.97. The minimum atomic E-state index is -4.18. The standard InChI is InChI=1S/C33H34FN3O4S/c1-3-25-18-20-28(21-19-25)37(42(40,41)29-15-8-5-9-16-29)24-32(38)36(23-27-14-10-11-17-30(27)34)31(33(39)35-2)22-26-12-6-4-7-13-26/h4-21,31H,3,22-24H2,1-2H3,(H,35,39)/t31-/m0/s1. The first-order valence-electron chi connectivity index (χ1n) is 13.7. The summed E-state index contributed by atoms with van der Waals surface area (Å²) in [6, 6.07) is 29.0. The van der Waals surface area contributed by atoms with Gasteiger partial charge >= 0.3 is 0 Å². The van der Waals surface area contributed by atoms with Crippen molar-refractivity contribution in [3.8, 4) is 0 Å². The lowest BCUT2D eigenvalue weighted by Gasteiger charge is -2.33. The molecular formula is C33H34FN3O4S. The van der Waals surface area contributed by atoms with Crippen molar-refractivity contribution < 1.29 is 22.4 Å². The van der Waals surface area contributed by atoms with Crippen LogP contribution in [0.4, 0.5) is 10.1 Å². The van der Waals surface area contributed by atoms with Gasteiger partial charge in [-0.3, -0.25) is 13.9 Å². The number of halogens is 1. The van der Waals surface area contributed by atoms with Crippen molar-refractivity contribution >= 4 is 27.5 Å². The van der Waals surface area contributed by atoms with Crippen LogP contribution >= 0.6 is 0 Å². The highest BCUT2D eigenvalue weighted by Crippen LogP contribution is 2.26. The van der Waals surface area contributed by atoms with Crippen LogP contribution in [0, 0.1) is 5.82 Å². The van der Waals surface area contributed by atoms with Gasteiger partial charge in [-0.15, -0.1) is 0 Å². The monoisotopic (exact) mass is 587 g/mol. The van der Waals surface area contributed by atoms with E-state index in [-0.39, 0.29) is 23.4 Å². The molecule has 0 unspecified atom stereocenters. The maximum Gasteiger partial charge on any atom is 0.264 e. The number of rotatable bonds is 12. The van der Waals surface area contributed by atoms with E-state index >= 15 is 0 Å². The fraction of sp³-hybridized carbons (Fsp3) is 0.212. The molecule has 42 heavy (non-hydrogen) atoms. The van der Waals surface area contributed by atoms with Crippen LogP contribution in [0.1, 0.15) is 23.6 Å². The summed E-state index contributed by atoms with van der Waals surface area (Å²) >= 11 is 0. The third kappa shape index (κ3) is 7.22. The second-order valence-corrected chi connectivity index (χ2v) is 11.6. The molecule has 4 rings (SSSR count). The van der Waals surface area contributed by atoms with E-state index in [2.05, 4.69) is 5.32 Å². The Morgan fingerprint density at radius 3 is 2.00 bits per heavy atom. The van der Waals surface area contributed by atoms with Crippen LogP contribution in [0.3, 0.4) is 0 Å². The van der Waals surface area contributed by atoms with Crippen molar-refractivity contribution in [1.29, 1.82) is 0 Å². The Labute approximate surface area is 246 Å². The van der Waals surface area contributed by atoms with Crippen LogP contribution in [0.2, 0.25) is 0 Å². The highest BCUT2D eigenvalue weighted by molar-refractivity contribution is 7.92. The van der Waals surface area contributed by atoms with E-state index in [1.54, 1.807) is 48.5 Å². The van der Waals surface area contributed by atoms with Gasteiger partial charge in [-0.05, 0) is 47.9 Å². The van der Waals surface area contributed by atoms with Gasteiger partial charge in [0.05, 0.1) is 10.6 Å². The number of hydrogen-bond acceptors (Lipinski definition) is 4. The van der Waals surface area contributed by atoms with Gasteiger partial charge in [-0.1, -0.05) is 85.8 Å². The maximum atomic E-state index is 14.9. The summed E-state index contributed by atoms with van der Waals surface area (Å²) in [5.74, 6) is -1.63. The second-order valence-electron chi connectivity index (χ2n) is 9.78. The molecule has 0 aromatic heterocycles. The minimum Gasteiger partial charge on any atom is -0.357 e. The molecule has 0 bridgehead atoms. The molecule has 0 spiro atoms. The Hall–Kier alpha value is -4.50. The first-order chi connectivity index (χ1) is 20.2. The molecule has 7 nitrogen and oxygen atoms in total. The average molecular weight is 588 g/mol. The van der Waals surface area contributed by atoms with E-state index in [9.17, 15) is 22.4 Å². The molecule has 0 aliphatic rings. The molecule has 4 aromatic rings. The van der Waals surface area contributed by atoms with Crippen LogP contribution in [-0.2, 0) is 39.0 Å². The Kier molecular flexibility index (Phi) is 10.1. The first kappa shape index (κ1) is 30.5. The Morgan fingerprint density at radius 2 is 1.40 bits per heavy atom. The minimum absolute atomic E-state index is 0.0187. The summed E-state index contributed by atoms with van der Waals surface area (Å²) in [5.41, 5.74) is 2.31. The molecule has 0 aliphatic heterocycles. The van der Waals surface area contributed by atoms with Crippen LogP contribution in [-0.4, -0.2) is 44.8 Å². The molecule has 9 heteroatoms. The number of aryl methyl sites for hydroxylation is 1. The summed E-state index contributed by atoms with van der Waals surface area (Å²) in [6.07, 6.45) is 0.908. The lowest BCUT2D eigenvalue weighted by atomic mass is 10.0. The predicted molar refractivity (Wildman–Crippen MR) is 162 cm³/mol. The molecule has 4 aromatic carbocycles. The number of carbonyl (C=O) groups excluding carboxylic acids is 2. The molecule has 0 saturated heterocycles. The van der Waals surface area contributed by atoms with Gasteiger partial charge in [-0.2, -0.15) is 0 Å². The summed E-state index contributed by atoms with van der Waals surface area (Å²) in [6.45, 7) is 1.16. The fourth-order valence-corrected chi connectivity index (χ4v) is 6.11. The quantitative estimate of drug-likeness (QED) is 0.254. The molecule has 0 aliphatic carbocycles. The Bertz CT molecular complexity index is 1600. The third-order valence-electron chi connectivity index (χ3n) is 7.06. The van der Waals surface area contributed by atoms with Gasteiger partial charge in [0, 0.05) is 25.6 Å². The van der Waals surface area contributed by atoms with E-state index in [0.29, 0.717) is 5.69 Å². The number of nitrogens with zero attached hydrogens (tertiary/aromatic N) is 2. The number of likely N-dealkylation sites (N-methyl/N-ethyl adjacent to an activating group) is 1. The largest absolute Gasteiger partial charge is 0.357 e. The van der Waals surface area contributed by atoms with Gasteiger partial charge in [0.15, 0.2) is 0 Å². The van der Waals surface area contributed by atoms with Crippen LogP contribution in [0.25, 0.3) is 0 Å². The van der Waals surface area contributed by atoms with Crippen molar-refractivity contribution in [1.82, 2.24) is 10.2 Å². The van der Waals surface area contributed by atoms with E-state index in [4.69, 9.17) is 0 Å². The zero-order valence-electron chi connectivity index (χ0n) is 23.6. The summed E-state index contributed by atoms with van der Waals surface area (Å²) in [4.78, 5) is 28.7. The van der Waals surface area contributed by atoms with Crippen LogP contribution < -0.4 is 9.62 Å². The fourth-order valence-electron chi connectivity index (χ4n) is 4.68. The maximum absolute atomic E-state index is 14.9. The molecule has 0 saturated carbocycles. The summed E-state index contributed by atoms with van der Waals surface area (Å²) < 4.78 is 43.7. The molecule has 218 valence electrons. The third-order valence-corrected chi connectivity index (χ3v) is 8.85. The number of anilines is 1. The molecule has 1 atom stereocenters. The SMILES string of the molecule is CCc1ccc(N(CC(=O)N(Cc2ccccc2F)[C@@H](Cc2ccccc2)C(=O)NC)S(=O)(=O)c2ccccc2)cc1. The molecular weight excluding hydrogens is 553 g/mol. The second kappa shape index (κ2) is 13.9. The first-order valence-corrected chi connectivity index (χ1v) is 15.1. The van der Waals surface area contributed by atoms with E-state index in [1.807, 2.05) is 49.4 Å². The molecule has 2 amide bonds. The van der Waals surface area contributed by atoms with Gasteiger partial charge in [0.1, 0.15) is 18.4 Å². The van der Waals surface area contributed by atoms with Gasteiger partial charge < -0.3 is 10.2 Å². The zero-order chi connectivity index (χ0) is 30.1. The zero-order valence-corrected chi connectivity index (χ0v) is 24.4. The number of carbonyl (C=O) groups is 2. The number of sulfonamides is 1. The van der Waals surface area contributed by atoms with Crippen molar-refractivity contribution in [3.05, 3.63) is 132 Å². The van der Waals surface area contributed by atoms with Gasteiger partial charge in [-0.25, -0.2) is 12.8 Å². The normalized spacial score (nSPS) is 11.9. The Morgan fingerprint density at radius 1 is 0.810 bits per heavy atom. The molecule has 0 heterocycles. The highest BCUT2D eigenvalue weighted by atomic mass is 32.2. The number of amides is 2. The van der Waals surface area contributed by atoms with Crippen molar-refractivity contribution in [2.24, 2.45) is 0 Å². The van der Waals surface area contributed by atoms with Crippen LogP contribution in [0.5, 0.6) is 0 Å². The van der Waals surface area contributed by atoms with E-state index in [0.717, 1.165) is 21.9 Å². The van der Waals surface area contributed by atoms with Gasteiger partial charge in [0.2, 0.25) is 11.8 Å². The summed E-state index contributed by atoms with van der Waals surface area (Å²) in [5, 5.41) is 2.62.